The van der Waals surface area contributed by atoms with Crippen LogP contribution < -0.4 is 10.2 Å². The highest BCUT2D eigenvalue weighted by atomic mass is 16.5. The lowest BCUT2D eigenvalue weighted by Crippen LogP contribution is -2.38. The van der Waals surface area contributed by atoms with Gasteiger partial charge in [0.15, 0.2) is 0 Å². The molecule has 4 heteroatoms. The van der Waals surface area contributed by atoms with Crippen molar-refractivity contribution >= 4 is 5.82 Å². The van der Waals surface area contributed by atoms with Gasteiger partial charge >= 0.3 is 0 Å². The van der Waals surface area contributed by atoms with Crippen molar-refractivity contribution < 1.29 is 4.74 Å². The van der Waals surface area contributed by atoms with Gasteiger partial charge in [-0.2, -0.15) is 0 Å². The van der Waals surface area contributed by atoms with Crippen LogP contribution in [0, 0.1) is 0 Å². The minimum absolute atomic E-state index is 0.487. The van der Waals surface area contributed by atoms with E-state index in [0.29, 0.717) is 12.1 Å². The SMILES string of the molecule is CC(C)NCc1cccnc1N(C)C1CCOCC1. The average Bonchev–Trinajstić information content (AvgIpc) is 2.45. The van der Waals surface area contributed by atoms with Crippen LogP contribution in [0.4, 0.5) is 5.82 Å². The lowest BCUT2D eigenvalue weighted by atomic mass is 10.1. The molecule has 1 N–H and O–H groups in total. The molecule has 1 fully saturated rings. The van der Waals surface area contributed by atoms with Gasteiger partial charge in [-0.15, -0.1) is 0 Å². The van der Waals surface area contributed by atoms with Gasteiger partial charge in [0.05, 0.1) is 0 Å². The predicted octanol–water partition coefficient (Wildman–Crippen LogP) is 2.19. The first kappa shape index (κ1) is 14.3. The number of hydrogen-bond acceptors (Lipinski definition) is 4. The largest absolute Gasteiger partial charge is 0.381 e. The summed E-state index contributed by atoms with van der Waals surface area (Å²) in [6.45, 7) is 6.92. The van der Waals surface area contributed by atoms with Gasteiger partial charge < -0.3 is 15.0 Å². The maximum atomic E-state index is 5.44. The van der Waals surface area contributed by atoms with Gasteiger partial charge in [0.1, 0.15) is 5.82 Å². The van der Waals surface area contributed by atoms with E-state index in [2.05, 4.69) is 42.2 Å². The number of pyridine rings is 1. The summed E-state index contributed by atoms with van der Waals surface area (Å²) in [6.07, 6.45) is 4.05. The second kappa shape index (κ2) is 6.87. The molecular weight excluding hydrogens is 238 g/mol. The normalized spacial score (nSPS) is 16.8. The molecule has 0 aromatic carbocycles. The van der Waals surface area contributed by atoms with Crippen LogP contribution in [0.5, 0.6) is 0 Å². The number of ether oxygens (including phenoxy) is 1. The van der Waals surface area contributed by atoms with Crippen molar-refractivity contribution in [2.24, 2.45) is 0 Å². The van der Waals surface area contributed by atoms with Crippen molar-refractivity contribution in [3.05, 3.63) is 23.9 Å². The molecule has 0 aliphatic carbocycles. The molecule has 0 radical (unpaired) electrons. The van der Waals surface area contributed by atoms with Gasteiger partial charge in [-0.25, -0.2) is 4.98 Å². The average molecular weight is 263 g/mol. The van der Waals surface area contributed by atoms with Crippen LogP contribution in [0.25, 0.3) is 0 Å². The molecule has 106 valence electrons. The maximum absolute atomic E-state index is 5.44. The Labute approximate surface area is 116 Å². The van der Waals surface area contributed by atoms with Crippen LogP contribution in [0.3, 0.4) is 0 Å². The number of rotatable bonds is 5. The van der Waals surface area contributed by atoms with Crippen LogP contribution in [0.15, 0.2) is 18.3 Å². The molecule has 0 bridgehead atoms. The van der Waals surface area contributed by atoms with E-state index in [9.17, 15) is 0 Å². The minimum atomic E-state index is 0.487. The highest BCUT2D eigenvalue weighted by molar-refractivity contribution is 5.47. The Balaban J connectivity index is 2.08. The van der Waals surface area contributed by atoms with Gasteiger partial charge in [-0.3, -0.25) is 0 Å². The van der Waals surface area contributed by atoms with Gasteiger partial charge in [-0.05, 0) is 18.9 Å². The zero-order chi connectivity index (χ0) is 13.7. The van der Waals surface area contributed by atoms with E-state index in [-0.39, 0.29) is 0 Å². The smallest absolute Gasteiger partial charge is 0.133 e. The van der Waals surface area contributed by atoms with Crippen LogP contribution in [-0.2, 0) is 11.3 Å². The maximum Gasteiger partial charge on any atom is 0.133 e. The second-order valence-corrected chi connectivity index (χ2v) is 5.48. The fourth-order valence-electron chi connectivity index (χ4n) is 2.45. The van der Waals surface area contributed by atoms with Crippen molar-refractivity contribution in [3.63, 3.8) is 0 Å². The lowest BCUT2D eigenvalue weighted by molar-refractivity contribution is 0.0853. The van der Waals surface area contributed by atoms with Crippen LogP contribution in [-0.4, -0.2) is 37.3 Å². The summed E-state index contributed by atoms with van der Waals surface area (Å²) in [5.41, 5.74) is 1.27. The standard InChI is InChI=1S/C15H25N3O/c1-12(2)17-11-13-5-4-8-16-15(13)18(3)14-6-9-19-10-7-14/h4-5,8,12,14,17H,6-7,9-11H2,1-3H3. The molecular formula is C15H25N3O. The molecule has 0 unspecified atom stereocenters. The number of nitrogens with one attached hydrogen (secondary N) is 1. The quantitative estimate of drug-likeness (QED) is 0.883. The van der Waals surface area contributed by atoms with E-state index >= 15 is 0 Å². The Kier molecular flexibility index (Phi) is 5.16. The summed E-state index contributed by atoms with van der Waals surface area (Å²) in [6, 6.07) is 5.20. The molecule has 2 rings (SSSR count). The van der Waals surface area contributed by atoms with E-state index in [4.69, 9.17) is 4.74 Å². The third kappa shape index (κ3) is 3.91. The molecule has 1 aromatic rings. The Morgan fingerprint density at radius 2 is 2.16 bits per heavy atom. The van der Waals surface area contributed by atoms with Crippen LogP contribution in [0.2, 0.25) is 0 Å². The van der Waals surface area contributed by atoms with E-state index in [1.165, 1.54) is 5.56 Å². The summed E-state index contributed by atoms with van der Waals surface area (Å²) in [7, 11) is 2.15. The number of hydrogen-bond donors (Lipinski definition) is 1. The Hall–Kier alpha value is -1.13. The topological polar surface area (TPSA) is 37.4 Å². The first-order chi connectivity index (χ1) is 9.18. The third-order valence-electron chi connectivity index (χ3n) is 3.64. The molecule has 4 nitrogen and oxygen atoms in total. The molecule has 0 saturated carbocycles. The van der Waals surface area contributed by atoms with Crippen LogP contribution in [0.1, 0.15) is 32.3 Å². The summed E-state index contributed by atoms with van der Waals surface area (Å²) >= 11 is 0. The van der Waals surface area contributed by atoms with Crippen LogP contribution >= 0.6 is 0 Å². The first-order valence-corrected chi connectivity index (χ1v) is 7.16. The van der Waals surface area contributed by atoms with Gasteiger partial charge in [-0.1, -0.05) is 19.9 Å². The zero-order valence-corrected chi connectivity index (χ0v) is 12.2. The van der Waals surface area contributed by atoms with E-state index in [1.54, 1.807) is 0 Å². The summed E-state index contributed by atoms with van der Waals surface area (Å²) in [4.78, 5) is 6.90. The number of nitrogens with zero attached hydrogens (tertiary/aromatic N) is 2. The Morgan fingerprint density at radius 3 is 2.84 bits per heavy atom. The molecule has 0 amide bonds. The molecule has 0 atom stereocenters. The van der Waals surface area contributed by atoms with Gasteiger partial charge in [0.25, 0.3) is 0 Å². The predicted molar refractivity (Wildman–Crippen MR) is 78.5 cm³/mol. The molecule has 1 saturated heterocycles. The van der Waals surface area contributed by atoms with E-state index in [1.807, 2.05) is 12.3 Å². The van der Waals surface area contributed by atoms with E-state index < -0.39 is 0 Å². The number of aromatic nitrogens is 1. The Bertz CT molecular complexity index is 389. The Morgan fingerprint density at radius 1 is 1.42 bits per heavy atom. The molecule has 2 heterocycles. The zero-order valence-electron chi connectivity index (χ0n) is 12.2. The van der Waals surface area contributed by atoms with E-state index in [0.717, 1.165) is 38.4 Å². The fourth-order valence-corrected chi connectivity index (χ4v) is 2.45. The highest BCUT2D eigenvalue weighted by Crippen LogP contribution is 2.22. The molecule has 0 spiro atoms. The summed E-state index contributed by atoms with van der Waals surface area (Å²) < 4.78 is 5.44. The molecule has 1 aliphatic heterocycles. The second-order valence-electron chi connectivity index (χ2n) is 5.48. The number of anilines is 1. The van der Waals surface area contributed by atoms with Crippen molar-refractivity contribution in [2.75, 3.05) is 25.2 Å². The highest BCUT2D eigenvalue weighted by Gasteiger charge is 2.21. The molecule has 19 heavy (non-hydrogen) atoms. The lowest BCUT2D eigenvalue weighted by Gasteiger charge is -2.33. The summed E-state index contributed by atoms with van der Waals surface area (Å²) in [5.74, 6) is 1.10. The first-order valence-electron chi connectivity index (χ1n) is 7.16. The van der Waals surface area contributed by atoms with Crippen molar-refractivity contribution in [3.8, 4) is 0 Å². The molecule has 1 aromatic heterocycles. The van der Waals surface area contributed by atoms with Gasteiger partial charge in [0, 0.05) is 50.7 Å². The van der Waals surface area contributed by atoms with Crippen molar-refractivity contribution in [2.45, 2.75) is 45.3 Å². The van der Waals surface area contributed by atoms with Crippen molar-refractivity contribution in [1.82, 2.24) is 10.3 Å². The third-order valence-corrected chi connectivity index (χ3v) is 3.64. The minimum Gasteiger partial charge on any atom is -0.381 e. The van der Waals surface area contributed by atoms with Crippen molar-refractivity contribution in [1.29, 1.82) is 0 Å². The summed E-state index contributed by atoms with van der Waals surface area (Å²) in [5, 5.41) is 3.47. The van der Waals surface area contributed by atoms with Gasteiger partial charge in [0.2, 0.25) is 0 Å². The molecule has 1 aliphatic rings. The monoisotopic (exact) mass is 263 g/mol. The fraction of sp³-hybridized carbons (Fsp3) is 0.667.